The van der Waals surface area contributed by atoms with Gasteiger partial charge in [0, 0.05) is 19.1 Å². The molecule has 6 heteroatoms. The van der Waals surface area contributed by atoms with Gasteiger partial charge in [0.05, 0.1) is 0 Å². The lowest BCUT2D eigenvalue weighted by Crippen LogP contribution is -2.45. The summed E-state index contributed by atoms with van der Waals surface area (Å²) < 4.78 is 36.5. The molecule has 0 radical (unpaired) electrons. The number of alkyl halides is 3. The van der Waals surface area contributed by atoms with Crippen LogP contribution in [0.4, 0.5) is 13.2 Å². The van der Waals surface area contributed by atoms with Crippen molar-refractivity contribution in [2.24, 2.45) is 0 Å². The van der Waals surface area contributed by atoms with Gasteiger partial charge >= 0.3 is 6.18 Å². The maximum atomic E-state index is 12.2. The molecule has 2 unspecified atom stereocenters. The Labute approximate surface area is 93.6 Å². The summed E-state index contributed by atoms with van der Waals surface area (Å²) in [6, 6.07) is 0.264. The molecule has 0 amide bonds. The molecule has 1 rings (SSSR count). The van der Waals surface area contributed by atoms with Crippen molar-refractivity contribution >= 4 is 0 Å². The Balaban J connectivity index is 2.36. The first-order valence-electron chi connectivity index (χ1n) is 5.64. The van der Waals surface area contributed by atoms with Crippen LogP contribution < -0.4 is 5.32 Å². The van der Waals surface area contributed by atoms with Crippen LogP contribution in [-0.4, -0.2) is 54.5 Å². The normalized spacial score (nSPS) is 24.0. The molecule has 3 nitrogen and oxygen atoms in total. The zero-order valence-electron chi connectivity index (χ0n) is 9.43. The molecule has 0 aromatic rings. The monoisotopic (exact) mass is 240 g/mol. The van der Waals surface area contributed by atoms with Gasteiger partial charge in [-0.15, -0.1) is 0 Å². The predicted octanol–water partition coefficient (Wildman–Crippen LogP) is 0.983. The van der Waals surface area contributed by atoms with E-state index in [-0.39, 0.29) is 12.6 Å². The van der Waals surface area contributed by atoms with Crippen molar-refractivity contribution in [2.75, 3.05) is 26.2 Å². The second-order valence-electron chi connectivity index (χ2n) is 4.20. The molecule has 0 saturated carbocycles. The zero-order chi connectivity index (χ0) is 12.2. The fourth-order valence-corrected chi connectivity index (χ4v) is 1.91. The van der Waals surface area contributed by atoms with Gasteiger partial charge in [-0.05, 0) is 25.9 Å². The molecule has 1 heterocycles. The smallest absolute Gasteiger partial charge is 0.382 e. The molecule has 0 spiro atoms. The molecule has 0 aliphatic carbocycles. The lowest BCUT2D eigenvalue weighted by atomic mass is 10.2. The van der Waals surface area contributed by atoms with Crippen molar-refractivity contribution < 1.29 is 18.3 Å². The molecule has 0 aromatic carbocycles. The second-order valence-corrected chi connectivity index (χ2v) is 4.20. The molecular formula is C10H19F3N2O. The van der Waals surface area contributed by atoms with Crippen LogP contribution in [-0.2, 0) is 0 Å². The highest BCUT2D eigenvalue weighted by molar-refractivity contribution is 4.79. The third-order valence-corrected chi connectivity index (χ3v) is 2.90. The molecule has 1 fully saturated rings. The summed E-state index contributed by atoms with van der Waals surface area (Å²) in [4.78, 5) is 1.64. The van der Waals surface area contributed by atoms with Crippen LogP contribution in [0.25, 0.3) is 0 Å². The third-order valence-electron chi connectivity index (χ3n) is 2.90. The van der Waals surface area contributed by atoms with Crippen LogP contribution in [0.2, 0.25) is 0 Å². The molecule has 1 aliphatic rings. The van der Waals surface area contributed by atoms with E-state index in [9.17, 15) is 13.2 Å². The van der Waals surface area contributed by atoms with E-state index in [0.29, 0.717) is 13.1 Å². The average Bonchev–Trinajstić information content (AvgIpc) is 2.67. The van der Waals surface area contributed by atoms with Gasteiger partial charge in [-0.3, -0.25) is 4.90 Å². The van der Waals surface area contributed by atoms with E-state index in [4.69, 9.17) is 5.11 Å². The minimum absolute atomic E-state index is 0.264. The fraction of sp³-hybridized carbons (Fsp3) is 1.00. The largest absolute Gasteiger partial charge is 0.415 e. The fourth-order valence-electron chi connectivity index (χ4n) is 1.91. The highest BCUT2D eigenvalue weighted by Gasteiger charge is 2.39. The third kappa shape index (κ3) is 4.27. The van der Waals surface area contributed by atoms with Gasteiger partial charge in [0.25, 0.3) is 0 Å². The lowest BCUT2D eigenvalue weighted by Gasteiger charge is -2.27. The SMILES string of the molecule is CCN(CC1CCCN1)CC(O)C(F)(F)F. The Morgan fingerprint density at radius 1 is 1.50 bits per heavy atom. The molecule has 0 aromatic heterocycles. The Morgan fingerprint density at radius 2 is 2.19 bits per heavy atom. The van der Waals surface area contributed by atoms with Gasteiger partial charge in [0.1, 0.15) is 0 Å². The highest BCUT2D eigenvalue weighted by Crippen LogP contribution is 2.21. The average molecular weight is 240 g/mol. The second kappa shape index (κ2) is 5.84. The minimum atomic E-state index is -4.52. The van der Waals surface area contributed by atoms with Crippen molar-refractivity contribution in [1.82, 2.24) is 10.2 Å². The van der Waals surface area contributed by atoms with Crippen molar-refractivity contribution in [3.8, 4) is 0 Å². The zero-order valence-corrected chi connectivity index (χ0v) is 9.43. The van der Waals surface area contributed by atoms with E-state index in [0.717, 1.165) is 19.4 Å². The van der Waals surface area contributed by atoms with Gasteiger partial charge in [-0.2, -0.15) is 13.2 Å². The summed E-state index contributed by atoms with van der Waals surface area (Å²) in [5.74, 6) is 0. The van der Waals surface area contributed by atoms with Crippen LogP contribution in [0.5, 0.6) is 0 Å². The summed E-state index contributed by atoms with van der Waals surface area (Å²) in [6.07, 6.45) is -4.69. The summed E-state index contributed by atoms with van der Waals surface area (Å²) in [6.45, 7) is 3.50. The molecule has 96 valence electrons. The van der Waals surface area contributed by atoms with Crippen molar-refractivity contribution in [3.05, 3.63) is 0 Å². The number of nitrogens with one attached hydrogen (secondary N) is 1. The Morgan fingerprint density at radius 3 is 2.62 bits per heavy atom. The summed E-state index contributed by atoms with van der Waals surface area (Å²) in [5, 5.41) is 12.2. The number of aliphatic hydroxyl groups is 1. The van der Waals surface area contributed by atoms with Crippen LogP contribution in [0.1, 0.15) is 19.8 Å². The molecule has 1 saturated heterocycles. The first kappa shape index (κ1) is 13.7. The maximum Gasteiger partial charge on any atom is 0.415 e. The molecular weight excluding hydrogens is 221 g/mol. The van der Waals surface area contributed by atoms with Gasteiger partial charge in [0.15, 0.2) is 6.10 Å². The summed E-state index contributed by atoms with van der Waals surface area (Å²) >= 11 is 0. The van der Waals surface area contributed by atoms with Crippen LogP contribution in [0.3, 0.4) is 0 Å². The topological polar surface area (TPSA) is 35.5 Å². The molecule has 16 heavy (non-hydrogen) atoms. The van der Waals surface area contributed by atoms with E-state index in [1.807, 2.05) is 0 Å². The Bertz CT molecular complexity index is 205. The quantitative estimate of drug-likeness (QED) is 0.752. The van der Waals surface area contributed by atoms with Crippen molar-refractivity contribution in [3.63, 3.8) is 0 Å². The minimum Gasteiger partial charge on any atom is -0.382 e. The Hall–Kier alpha value is -0.330. The Kier molecular flexibility index (Phi) is 5.01. The first-order valence-corrected chi connectivity index (χ1v) is 5.64. The molecule has 2 atom stereocenters. The maximum absolute atomic E-state index is 12.2. The van der Waals surface area contributed by atoms with E-state index < -0.39 is 12.3 Å². The van der Waals surface area contributed by atoms with Crippen molar-refractivity contribution in [2.45, 2.75) is 38.1 Å². The first-order chi connectivity index (χ1) is 7.43. The number of nitrogens with zero attached hydrogens (tertiary/aromatic N) is 1. The number of rotatable bonds is 5. The number of likely N-dealkylation sites (N-methyl/N-ethyl adjacent to an activating group) is 1. The number of halogens is 3. The van der Waals surface area contributed by atoms with Crippen molar-refractivity contribution in [1.29, 1.82) is 0 Å². The van der Waals surface area contributed by atoms with Gasteiger partial charge in [0.2, 0.25) is 0 Å². The van der Waals surface area contributed by atoms with Gasteiger partial charge in [-0.25, -0.2) is 0 Å². The molecule has 2 N–H and O–H groups in total. The summed E-state index contributed by atoms with van der Waals surface area (Å²) in [7, 11) is 0. The lowest BCUT2D eigenvalue weighted by molar-refractivity contribution is -0.208. The van der Waals surface area contributed by atoms with Crippen LogP contribution in [0, 0.1) is 0 Å². The van der Waals surface area contributed by atoms with E-state index in [1.54, 1.807) is 11.8 Å². The predicted molar refractivity (Wildman–Crippen MR) is 55.2 cm³/mol. The number of hydrogen-bond acceptors (Lipinski definition) is 3. The summed E-state index contributed by atoms with van der Waals surface area (Å²) in [5.41, 5.74) is 0. The highest BCUT2D eigenvalue weighted by atomic mass is 19.4. The number of hydrogen-bond donors (Lipinski definition) is 2. The number of aliphatic hydroxyl groups excluding tert-OH is 1. The van der Waals surface area contributed by atoms with E-state index >= 15 is 0 Å². The van der Waals surface area contributed by atoms with E-state index in [1.165, 1.54) is 0 Å². The van der Waals surface area contributed by atoms with Crippen LogP contribution >= 0.6 is 0 Å². The van der Waals surface area contributed by atoms with Gasteiger partial charge < -0.3 is 10.4 Å². The van der Waals surface area contributed by atoms with E-state index in [2.05, 4.69) is 5.32 Å². The molecule has 1 aliphatic heterocycles. The standard InChI is InChI=1S/C10H19F3N2O/c1-2-15(6-8-4-3-5-14-8)7-9(16)10(11,12)13/h8-9,14,16H,2-7H2,1H3. The molecule has 0 bridgehead atoms. The van der Waals surface area contributed by atoms with Gasteiger partial charge in [-0.1, -0.05) is 6.92 Å². The van der Waals surface area contributed by atoms with Crippen LogP contribution in [0.15, 0.2) is 0 Å².